The van der Waals surface area contributed by atoms with Crippen molar-refractivity contribution in [2.45, 2.75) is 25.8 Å². The number of rotatable bonds is 6. The maximum atomic E-state index is 13.9. The van der Waals surface area contributed by atoms with Gasteiger partial charge in [-0.2, -0.15) is 0 Å². The molecule has 0 aliphatic carbocycles. The summed E-state index contributed by atoms with van der Waals surface area (Å²) in [6.45, 7) is 3.39. The summed E-state index contributed by atoms with van der Waals surface area (Å²) in [6, 6.07) is 8.93. The average Bonchev–Trinajstić information content (AvgIpc) is 3.12. The van der Waals surface area contributed by atoms with Gasteiger partial charge in [0, 0.05) is 54.6 Å². The molecule has 1 saturated heterocycles. The van der Waals surface area contributed by atoms with Crippen LogP contribution in [-0.4, -0.2) is 41.9 Å². The van der Waals surface area contributed by atoms with Crippen molar-refractivity contribution in [1.82, 2.24) is 9.80 Å². The fourth-order valence-electron chi connectivity index (χ4n) is 3.09. The number of aryl methyl sites for hydroxylation is 1. The number of amides is 1. The Kier molecular flexibility index (Phi) is 6.45. The number of carbonyl (C=O) groups excluding carboxylic acids is 1. The summed E-state index contributed by atoms with van der Waals surface area (Å²) in [5.74, 6) is -0.0419. The van der Waals surface area contributed by atoms with Gasteiger partial charge in [0.25, 0.3) is 0 Å². The molecule has 1 aromatic carbocycles. The van der Waals surface area contributed by atoms with Crippen LogP contribution in [0.2, 0.25) is 5.02 Å². The van der Waals surface area contributed by atoms with E-state index in [1.807, 2.05) is 11.0 Å². The number of halogens is 2. The third-order valence-electron chi connectivity index (χ3n) is 4.56. The number of nitrogens with zero attached hydrogens (tertiary/aromatic N) is 2. The first-order valence-corrected chi connectivity index (χ1v) is 9.84. The quantitative estimate of drug-likeness (QED) is 0.749. The molecule has 2 heterocycles. The SMILES string of the molecule is O=C(CCCc1cccs1)N1CCN(Cc2c(F)cccc2Cl)CC1. The Balaban J connectivity index is 1.43. The van der Waals surface area contributed by atoms with Gasteiger partial charge in [-0.25, -0.2) is 4.39 Å². The van der Waals surface area contributed by atoms with Gasteiger partial charge >= 0.3 is 0 Å². The number of carbonyl (C=O) groups is 1. The molecule has 0 saturated carbocycles. The van der Waals surface area contributed by atoms with Gasteiger partial charge in [0.2, 0.25) is 5.91 Å². The van der Waals surface area contributed by atoms with Crippen LogP contribution in [0, 0.1) is 5.82 Å². The third-order valence-corrected chi connectivity index (χ3v) is 5.85. The number of benzene rings is 1. The van der Waals surface area contributed by atoms with E-state index < -0.39 is 0 Å². The molecule has 25 heavy (non-hydrogen) atoms. The fraction of sp³-hybridized carbons (Fsp3) is 0.421. The van der Waals surface area contributed by atoms with Crippen molar-refractivity contribution in [3.63, 3.8) is 0 Å². The maximum Gasteiger partial charge on any atom is 0.222 e. The lowest BCUT2D eigenvalue weighted by atomic mass is 10.1. The Morgan fingerprint density at radius 3 is 2.64 bits per heavy atom. The molecule has 0 N–H and O–H groups in total. The van der Waals surface area contributed by atoms with Gasteiger partial charge in [-0.1, -0.05) is 23.7 Å². The summed E-state index contributed by atoms with van der Waals surface area (Å²) < 4.78 is 13.9. The van der Waals surface area contributed by atoms with Crippen molar-refractivity contribution in [3.8, 4) is 0 Å². The van der Waals surface area contributed by atoms with Crippen molar-refractivity contribution in [2.24, 2.45) is 0 Å². The van der Waals surface area contributed by atoms with Gasteiger partial charge in [-0.3, -0.25) is 9.69 Å². The molecule has 0 radical (unpaired) electrons. The normalized spacial score (nSPS) is 15.5. The minimum absolute atomic E-state index is 0.222. The highest BCUT2D eigenvalue weighted by atomic mass is 35.5. The van der Waals surface area contributed by atoms with Crippen LogP contribution in [0.5, 0.6) is 0 Å². The van der Waals surface area contributed by atoms with E-state index in [-0.39, 0.29) is 11.7 Å². The molecule has 1 amide bonds. The molecule has 0 spiro atoms. The lowest BCUT2D eigenvalue weighted by Crippen LogP contribution is -2.48. The Morgan fingerprint density at radius 2 is 1.96 bits per heavy atom. The van der Waals surface area contributed by atoms with Crippen LogP contribution >= 0.6 is 22.9 Å². The van der Waals surface area contributed by atoms with E-state index in [0.29, 0.717) is 36.6 Å². The van der Waals surface area contributed by atoms with E-state index in [9.17, 15) is 9.18 Å². The molecule has 0 bridgehead atoms. The summed E-state index contributed by atoms with van der Waals surface area (Å²) in [4.78, 5) is 17.7. The Labute approximate surface area is 157 Å². The van der Waals surface area contributed by atoms with Gasteiger partial charge in [-0.15, -0.1) is 11.3 Å². The van der Waals surface area contributed by atoms with Crippen molar-refractivity contribution in [2.75, 3.05) is 26.2 Å². The molecule has 6 heteroatoms. The van der Waals surface area contributed by atoms with Crippen LogP contribution in [0.4, 0.5) is 4.39 Å². The second-order valence-electron chi connectivity index (χ2n) is 6.29. The third kappa shape index (κ3) is 5.03. The van der Waals surface area contributed by atoms with Gasteiger partial charge < -0.3 is 4.90 Å². The molecule has 0 unspecified atom stereocenters. The fourth-order valence-corrected chi connectivity index (χ4v) is 4.06. The summed E-state index contributed by atoms with van der Waals surface area (Å²) >= 11 is 7.84. The zero-order valence-corrected chi connectivity index (χ0v) is 15.7. The van der Waals surface area contributed by atoms with Crippen molar-refractivity contribution in [1.29, 1.82) is 0 Å². The molecule has 134 valence electrons. The van der Waals surface area contributed by atoms with E-state index in [1.165, 1.54) is 10.9 Å². The number of piperazine rings is 1. The largest absolute Gasteiger partial charge is 0.340 e. The van der Waals surface area contributed by atoms with Gasteiger partial charge in [0.15, 0.2) is 0 Å². The highest BCUT2D eigenvalue weighted by Gasteiger charge is 2.22. The van der Waals surface area contributed by atoms with E-state index >= 15 is 0 Å². The second-order valence-corrected chi connectivity index (χ2v) is 7.73. The molecule has 3 nitrogen and oxygen atoms in total. The molecule has 2 aromatic rings. The number of thiophene rings is 1. The molecular weight excluding hydrogens is 359 g/mol. The summed E-state index contributed by atoms with van der Waals surface area (Å²) in [5, 5.41) is 2.53. The molecular formula is C19H22ClFN2OS. The van der Waals surface area contributed by atoms with Crippen molar-refractivity contribution in [3.05, 3.63) is 57.0 Å². The Hall–Kier alpha value is -1.43. The lowest BCUT2D eigenvalue weighted by Gasteiger charge is -2.35. The average molecular weight is 381 g/mol. The highest BCUT2D eigenvalue weighted by Crippen LogP contribution is 2.21. The van der Waals surface area contributed by atoms with Crippen LogP contribution < -0.4 is 0 Å². The van der Waals surface area contributed by atoms with E-state index in [2.05, 4.69) is 16.3 Å². The molecule has 0 atom stereocenters. The molecule has 3 rings (SSSR count). The van der Waals surface area contributed by atoms with Gasteiger partial charge in [0.1, 0.15) is 5.82 Å². The predicted molar refractivity (Wildman–Crippen MR) is 101 cm³/mol. The van der Waals surface area contributed by atoms with E-state index in [1.54, 1.807) is 23.5 Å². The predicted octanol–water partition coefficient (Wildman–Crippen LogP) is 4.21. The van der Waals surface area contributed by atoms with Crippen LogP contribution in [0.3, 0.4) is 0 Å². The number of hydrogen-bond donors (Lipinski definition) is 0. The van der Waals surface area contributed by atoms with Crippen LogP contribution in [0.25, 0.3) is 0 Å². The zero-order chi connectivity index (χ0) is 17.6. The first-order chi connectivity index (χ1) is 12.1. The van der Waals surface area contributed by atoms with Gasteiger partial charge in [-0.05, 0) is 36.4 Å². The summed E-state index contributed by atoms with van der Waals surface area (Å²) in [5.41, 5.74) is 0.542. The van der Waals surface area contributed by atoms with Crippen LogP contribution in [0.1, 0.15) is 23.3 Å². The summed E-state index contributed by atoms with van der Waals surface area (Å²) in [6.07, 6.45) is 2.45. The Morgan fingerprint density at radius 1 is 1.16 bits per heavy atom. The standard InChI is InChI=1S/C19H22ClFN2OS/c20-17-6-2-7-18(21)16(17)14-22-9-11-23(12-10-22)19(24)8-1-4-15-5-3-13-25-15/h2-3,5-7,13H,1,4,8-12,14H2. The topological polar surface area (TPSA) is 23.6 Å². The highest BCUT2D eigenvalue weighted by molar-refractivity contribution is 7.09. The van der Waals surface area contributed by atoms with Crippen molar-refractivity contribution < 1.29 is 9.18 Å². The Bertz CT molecular complexity index is 679. The second kappa shape index (κ2) is 8.79. The first kappa shape index (κ1) is 18.4. The van der Waals surface area contributed by atoms with E-state index in [4.69, 9.17) is 11.6 Å². The molecule has 1 aliphatic heterocycles. The molecule has 1 fully saturated rings. The lowest BCUT2D eigenvalue weighted by molar-refractivity contribution is -0.133. The van der Waals surface area contributed by atoms with Crippen molar-refractivity contribution >= 4 is 28.8 Å². The number of hydrogen-bond acceptors (Lipinski definition) is 3. The van der Waals surface area contributed by atoms with Crippen LogP contribution in [-0.2, 0) is 17.8 Å². The minimum atomic E-state index is -0.264. The zero-order valence-electron chi connectivity index (χ0n) is 14.1. The minimum Gasteiger partial charge on any atom is -0.340 e. The molecule has 1 aromatic heterocycles. The first-order valence-electron chi connectivity index (χ1n) is 8.59. The van der Waals surface area contributed by atoms with E-state index in [0.717, 1.165) is 25.9 Å². The smallest absolute Gasteiger partial charge is 0.222 e. The maximum absolute atomic E-state index is 13.9. The van der Waals surface area contributed by atoms with Gasteiger partial charge in [0.05, 0.1) is 0 Å². The van der Waals surface area contributed by atoms with Crippen LogP contribution in [0.15, 0.2) is 35.7 Å². The molecule has 1 aliphatic rings. The summed E-state index contributed by atoms with van der Waals surface area (Å²) in [7, 11) is 0. The monoisotopic (exact) mass is 380 g/mol.